The molecule has 58 valence electrons. The van der Waals surface area contributed by atoms with Crippen LogP contribution in [0.5, 0.6) is 0 Å². The lowest BCUT2D eigenvalue weighted by Gasteiger charge is -2.08. The minimum atomic E-state index is -0.368. The second-order valence-electron chi connectivity index (χ2n) is 3.36. The molecule has 1 rings (SSSR count). The summed E-state index contributed by atoms with van der Waals surface area (Å²) in [5.74, 6) is 0.579. The SMILES string of the molecule is CC(=O)C1CC(C)CC1O. The normalized spacial score (nSPS) is 40.1. The van der Waals surface area contributed by atoms with Crippen molar-refractivity contribution in [3.63, 3.8) is 0 Å². The van der Waals surface area contributed by atoms with Gasteiger partial charge in [-0.15, -0.1) is 0 Å². The highest BCUT2D eigenvalue weighted by Gasteiger charge is 2.33. The third kappa shape index (κ3) is 1.37. The molecule has 1 aliphatic carbocycles. The van der Waals surface area contributed by atoms with E-state index in [9.17, 15) is 9.90 Å². The zero-order chi connectivity index (χ0) is 7.72. The Morgan fingerprint density at radius 1 is 1.50 bits per heavy atom. The second-order valence-corrected chi connectivity index (χ2v) is 3.36. The Morgan fingerprint density at radius 3 is 2.30 bits per heavy atom. The van der Waals surface area contributed by atoms with E-state index in [-0.39, 0.29) is 17.8 Å². The topological polar surface area (TPSA) is 37.3 Å². The summed E-state index contributed by atoms with van der Waals surface area (Å²) in [4.78, 5) is 10.8. The first kappa shape index (κ1) is 7.73. The van der Waals surface area contributed by atoms with Crippen LogP contribution in [0.25, 0.3) is 0 Å². The molecule has 0 radical (unpaired) electrons. The maximum absolute atomic E-state index is 10.8. The van der Waals surface area contributed by atoms with E-state index < -0.39 is 0 Å². The van der Waals surface area contributed by atoms with Crippen LogP contribution in [0.2, 0.25) is 0 Å². The minimum absolute atomic E-state index is 0.0741. The molecule has 1 N–H and O–H groups in total. The van der Waals surface area contributed by atoms with Gasteiger partial charge in [0, 0.05) is 5.92 Å². The molecule has 0 aromatic rings. The Kier molecular flexibility index (Phi) is 2.09. The fraction of sp³-hybridized carbons (Fsp3) is 0.875. The molecular formula is C8H14O2. The summed E-state index contributed by atoms with van der Waals surface area (Å²) >= 11 is 0. The van der Waals surface area contributed by atoms with Crippen LogP contribution in [0, 0.1) is 11.8 Å². The fourth-order valence-corrected chi connectivity index (χ4v) is 1.70. The number of Topliss-reactive ketones (excluding diaryl/α,β-unsaturated/α-hetero) is 1. The zero-order valence-electron chi connectivity index (χ0n) is 6.50. The predicted octanol–water partition coefficient (Wildman–Crippen LogP) is 0.982. The van der Waals surface area contributed by atoms with Crippen molar-refractivity contribution in [1.82, 2.24) is 0 Å². The molecule has 0 amide bonds. The van der Waals surface area contributed by atoms with Crippen LogP contribution in [0.4, 0.5) is 0 Å². The van der Waals surface area contributed by atoms with Gasteiger partial charge in [0.15, 0.2) is 0 Å². The van der Waals surface area contributed by atoms with Crippen LogP contribution in [-0.2, 0) is 4.79 Å². The molecule has 0 heterocycles. The van der Waals surface area contributed by atoms with E-state index in [2.05, 4.69) is 6.92 Å². The molecule has 1 fully saturated rings. The van der Waals surface area contributed by atoms with E-state index in [1.54, 1.807) is 6.92 Å². The lowest BCUT2D eigenvalue weighted by Crippen LogP contribution is -2.19. The number of aliphatic hydroxyl groups is 1. The Hall–Kier alpha value is -0.370. The minimum Gasteiger partial charge on any atom is -0.392 e. The van der Waals surface area contributed by atoms with Crippen LogP contribution in [0.1, 0.15) is 26.7 Å². The molecule has 1 aliphatic rings. The van der Waals surface area contributed by atoms with Crippen LogP contribution in [0.15, 0.2) is 0 Å². The van der Waals surface area contributed by atoms with Gasteiger partial charge < -0.3 is 5.11 Å². The standard InChI is InChI=1S/C8H14O2/c1-5-3-7(6(2)9)8(10)4-5/h5,7-8,10H,3-4H2,1-2H3. The molecule has 10 heavy (non-hydrogen) atoms. The van der Waals surface area contributed by atoms with Gasteiger partial charge in [0.05, 0.1) is 6.10 Å². The Morgan fingerprint density at radius 2 is 2.10 bits per heavy atom. The summed E-state index contributed by atoms with van der Waals surface area (Å²) in [6.07, 6.45) is 1.30. The van der Waals surface area contributed by atoms with Crippen LogP contribution < -0.4 is 0 Å². The summed E-state index contributed by atoms with van der Waals surface area (Å²) in [6.45, 7) is 3.64. The molecule has 0 bridgehead atoms. The number of hydrogen-bond acceptors (Lipinski definition) is 2. The lowest BCUT2D eigenvalue weighted by molar-refractivity contribution is -0.123. The van der Waals surface area contributed by atoms with Gasteiger partial charge in [-0.25, -0.2) is 0 Å². The first-order valence-electron chi connectivity index (χ1n) is 3.79. The van der Waals surface area contributed by atoms with E-state index in [0.717, 1.165) is 12.8 Å². The first-order chi connectivity index (χ1) is 4.61. The fourth-order valence-electron chi connectivity index (χ4n) is 1.70. The summed E-state index contributed by atoms with van der Waals surface area (Å²) in [5.41, 5.74) is 0. The highest BCUT2D eigenvalue weighted by molar-refractivity contribution is 5.79. The first-order valence-corrected chi connectivity index (χ1v) is 3.79. The highest BCUT2D eigenvalue weighted by atomic mass is 16.3. The van der Waals surface area contributed by atoms with Gasteiger partial charge >= 0.3 is 0 Å². The molecule has 0 saturated heterocycles. The van der Waals surface area contributed by atoms with Gasteiger partial charge in [0.2, 0.25) is 0 Å². The van der Waals surface area contributed by atoms with Crippen molar-refractivity contribution in [3.8, 4) is 0 Å². The smallest absolute Gasteiger partial charge is 0.135 e. The van der Waals surface area contributed by atoms with E-state index in [1.807, 2.05) is 0 Å². The molecule has 3 atom stereocenters. The molecule has 2 nitrogen and oxygen atoms in total. The maximum Gasteiger partial charge on any atom is 0.135 e. The van der Waals surface area contributed by atoms with Gasteiger partial charge in [-0.1, -0.05) is 6.92 Å². The van der Waals surface area contributed by atoms with Gasteiger partial charge in [0.25, 0.3) is 0 Å². The van der Waals surface area contributed by atoms with Crippen molar-refractivity contribution in [3.05, 3.63) is 0 Å². The molecular weight excluding hydrogens is 128 g/mol. The average molecular weight is 142 g/mol. The molecule has 2 heteroatoms. The molecule has 0 aromatic heterocycles. The summed E-state index contributed by atoms with van der Waals surface area (Å²) in [5, 5.41) is 9.31. The number of carbonyl (C=O) groups excluding carboxylic acids is 1. The monoisotopic (exact) mass is 142 g/mol. The third-order valence-electron chi connectivity index (χ3n) is 2.29. The average Bonchev–Trinajstić information content (AvgIpc) is 2.10. The Balaban J connectivity index is 2.54. The van der Waals surface area contributed by atoms with Gasteiger partial charge in [0.1, 0.15) is 5.78 Å². The van der Waals surface area contributed by atoms with Crippen LogP contribution >= 0.6 is 0 Å². The second kappa shape index (κ2) is 2.70. The van der Waals surface area contributed by atoms with Crippen molar-refractivity contribution in [2.24, 2.45) is 11.8 Å². The van der Waals surface area contributed by atoms with Crippen molar-refractivity contribution >= 4 is 5.78 Å². The van der Waals surface area contributed by atoms with E-state index in [1.165, 1.54) is 0 Å². The molecule has 1 saturated carbocycles. The van der Waals surface area contributed by atoms with Gasteiger partial charge in [-0.2, -0.15) is 0 Å². The largest absolute Gasteiger partial charge is 0.392 e. The molecule has 0 spiro atoms. The number of aliphatic hydroxyl groups excluding tert-OH is 1. The lowest BCUT2D eigenvalue weighted by atomic mass is 10.0. The van der Waals surface area contributed by atoms with E-state index >= 15 is 0 Å². The van der Waals surface area contributed by atoms with Crippen molar-refractivity contribution < 1.29 is 9.90 Å². The molecule has 0 aromatic carbocycles. The highest BCUT2D eigenvalue weighted by Crippen LogP contribution is 2.31. The van der Waals surface area contributed by atoms with Crippen molar-refractivity contribution in [1.29, 1.82) is 0 Å². The van der Waals surface area contributed by atoms with E-state index in [0.29, 0.717) is 5.92 Å². The van der Waals surface area contributed by atoms with Gasteiger partial charge in [-0.3, -0.25) is 4.79 Å². The summed E-state index contributed by atoms with van der Waals surface area (Å²) in [6, 6.07) is 0. The van der Waals surface area contributed by atoms with Crippen LogP contribution in [-0.4, -0.2) is 17.0 Å². The van der Waals surface area contributed by atoms with E-state index in [4.69, 9.17) is 0 Å². The number of rotatable bonds is 1. The Bertz CT molecular complexity index is 142. The summed E-state index contributed by atoms with van der Waals surface area (Å²) < 4.78 is 0. The van der Waals surface area contributed by atoms with Crippen molar-refractivity contribution in [2.45, 2.75) is 32.8 Å². The summed E-state index contributed by atoms with van der Waals surface area (Å²) in [7, 11) is 0. The third-order valence-corrected chi connectivity index (χ3v) is 2.29. The number of carbonyl (C=O) groups is 1. The van der Waals surface area contributed by atoms with Crippen molar-refractivity contribution in [2.75, 3.05) is 0 Å². The zero-order valence-corrected chi connectivity index (χ0v) is 6.50. The predicted molar refractivity (Wildman–Crippen MR) is 38.6 cm³/mol. The molecule has 0 aliphatic heterocycles. The van der Waals surface area contributed by atoms with Crippen LogP contribution in [0.3, 0.4) is 0 Å². The number of ketones is 1. The number of hydrogen-bond donors (Lipinski definition) is 1. The Labute approximate surface area is 61.2 Å². The molecule has 3 unspecified atom stereocenters. The van der Waals surface area contributed by atoms with Gasteiger partial charge in [-0.05, 0) is 25.7 Å². The maximum atomic E-state index is 10.8. The quantitative estimate of drug-likeness (QED) is 0.592.